The summed E-state index contributed by atoms with van der Waals surface area (Å²) in [5, 5.41) is 6.50. The van der Waals surface area contributed by atoms with Gasteiger partial charge >= 0.3 is 0 Å². The van der Waals surface area contributed by atoms with Crippen molar-refractivity contribution in [1.82, 2.24) is 10.3 Å². The fourth-order valence-electron chi connectivity index (χ4n) is 1.62. The Morgan fingerprint density at radius 2 is 2.06 bits per heavy atom. The summed E-state index contributed by atoms with van der Waals surface area (Å²) in [4.78, 5) is 4.39. The fourth-order valence-corrected chi connectivity index (χ4v) is 2.23. The molecule has 2 nitrogen and oxygen atoms in total. The molecular formula is C13H15FN2S. The molecule has 1 aromatic carbocycles. The summed E-state index contributed by atoms with van der Waals surface area (Å²) in [5.41, 5.74) is 2.14. The first-order chi connectivity index (χ1) is 8.15. The third kappa shape index (κ3) is 3.35. The second-order valence-corrected chi connectivity index (χ2v) is 5.07. The molecule has 0 radical (unpaired) electrons. The molecule has 1 N–H and O–H groups in total. The lowest BCUT2D eigenvalue weighted by atomic mass is 10.1. The Morgan fingerprint density at radius 1 is 1.35 bits per heavy atom. The summed E-state index contributed by atoms with van der Waals surface area (Å²) in [6, 6.07) is 6.78. The third-order valence-corrected chi connectivity index (χ3v) is 3.45. The number of nitrogens with zero attached hydrogens (tertiary/aromatic N) is 1. The monoisotopic (exact) mass is 250 g/mol. The normalized spacial score (nSPS) is 12.6. The van der Waals surface area contributed by atoms with Crippen molar-refractivity contribution >= 4 is 11.3 Å². The van der Waals surface area contributed by atoms with Crippen LogP contribution in [-0.4, -0.2) is 4.98 Å². The van der Waals surface area contributed by atoms with Crippen LogP contribution in [0.5, 0.6) is 0 Å². The molecule has 4 heteroatoms. The number of halogens is 1. The van der Waals surface area contributed by atoms with Gasteiger partial charge in [0.15, 0.2) is 0 Å². The summed E-state index contributed by atoms with van der Waals surface area (Å²) in [7, 11) is 0. The van der Waals surface area contributed by atoms with E-state index >= 15 is 0 Å². The van der Waals surface area contributed by atoms with Gasteiger partial charge in [0.2, 0.25) is 0 Å². The second kappa shape index (κ2) is 5.38. The minimum atomic E-state index is -0.198. The number of nitrogens with one attached hydrogen (secondary N) is 1. The van der Waals surface area contributed by atoms with Crippen LogP contribution < -0.4 is 5.32 Å². The van der Waals surface area contributed by atoms with Crippen molar-refractivity contribution in [3.63, 3.8) is 0 Å². The molecule has 0 spiro atoms. The standard InChI is InChI=1S/C13H15FN2S/c1-9(11-3-5-12(14)6-4-11)15-7-13-8-17-10(2)16-13/h3-6,8-9,15H,7H2,1-2H3/t9-/m0/s1. The smallest absolute Gasteiger partial charge is 0.123 e. The van der Waals surface area contributed by atoms with E-state index in [1.165, 1.54) is 12.1 Å². The van der Waals surface area contributed by atoms with E-state index in [-0.39, 0.29) is 11.9 Å². The van der Waals surface area contributed by atoms with Crippen molar-refractivity contribution in [1.29, 1.82) is 0 Å². The third-order valence-electron chi connectivity index (χ3n) is 2.63. The van der Waals surface area contributed by atoms with Crippen LogP contribution in [0.1, 0.15) is 29.2 Å². The Balaban J connectivity index is 1.93. The van der Waals surface area contributed by atoms with Crippen LogP contribution in [-0.2, 0) is 6.54 Å². The van der Waals surface area contributed by atoms with Gasteiger partial charge in [-0.1, -0.05) is 12.1 Å². The van der Waals surface area contributed by atoms with Crippen LogP contribution in [0, 0.1) is 12.7 Å². The molecule has 0 fully saturated rings. The number of hydrogen-bond acceptors (Lipinski definition) is 3. The van der Waals surface area contributed by atoms with Crippen LogP contribution in [0.2, 0.25) is 0 Å². The molecule has 0 saturated carbocycles. The van der Waals surface area contributed by atoms with Gasteiger partial charge in [0.05, 0.1) is 10.7 Å². The first kappa shape index (κ1) is 12.2. The van der Waals surface area contributed by atoms with Gasteiger partial charge in [0, 0.05) is 18.0 Å². The largest absolute Gasteiger partial charge is 0.305 e. The van der Waals surface area contributed by atoms with E-state index in [1.807, 2.05) is 6.92 Å². The molecular weight excluding hydrogens is 235 g/mol. The van der Waals surface area contributed by atoms with Gasteiger partial charge < -0.3 is 5.32 Å². The summed E-state index contributed by atoms with van der Waals surface area (Å²) < 4.78 is 12.8. The van der Waals surface area contributed by atoms with E-state index in [9.17, 15) is 4.39 Å². The zero-order valence-corrected chi connectivity index (χ0v) is 10.7. The molecule has 17 heavy (non-hydrogen) atoms. The number of rotatable bonds is 4. The Morgan fingerprint density at radius 3 is 2.65 bits per heavy atom. The molecule has 0 bridgehead atoms. The highest BCUT2D eigenvalue weighted by molar-refractivity contribution is 7.09. The Hall–Kier alpha value is -1.26. The predicted octanol–water partition coefficient (Wildman–Crippen LogP) is 3.44. The zero-order valence-electron chi connectivity index (χ0n) is 9.90. The maximum atomic E-state index is 12.8. The van der Waals surface area contributed by atoms with Gasteiger partial charge in [-0.05, 0) is 31.5 Å². The molecule has 1 heterocycles. The highest BCUT2D eigenvalue weighted by atomic mass is 32.1. The van der Waals surface area contributed by atoms with Gasteiger partial charge in [-0.25, -0.2) is 9.37 Å². The van der Waals surface area contributed by atoms with E-state index in [0.717, 1.165) is 22.8 Å². The average molecular weight is 250 g/mol. The first-order valence-corrected chi connectivity index (χ1v) is 6.43. The minimum absolute atomic E-state index is 0.192. The van der Waals surface area contributed by atoms with Crippen molar-refractivity contribution in [2.75, 3.05) is 0 Å². The van der Waals surface area contributed by atoms with Gasteiger partial charge in [0.25, 0.3) is 0 Å². The summed E-state index contributed by atoms with van der Waals surface area (Å²) in [6.07, 6.45) is 0. The quantitative estimate of drug-likeness (QED) is 0.899. The molecule has 0 aliphatic heterocycles. The first-order valence-electron chi connectivity index (χ1n) is 5.55. The lowest BCUT2D eigenvalue weighted by molar-refractivity contribution is 0.565. The summed E-state index contributed by atoms with van der Waals surface area (Å²) >= 11 is 1.65. The topological polar surface area (TPSA) is 24.9 Å². The minimum Gasteiger partial charge on any atom is -0.305 e. The maximum Gasteiger partial charge on any atom is 0.123 e. The SMILES string of the molecule is Cc1nc(CN[C@@H](C)c2ccc(F)cc2)cs1. The Labute approximate surface area is 105 Å². The molecule has 0 saturated heterocycles. The van der Waals surface area contributed by atoms with Crippen molar-refractivity contribution in [2.45, 2.75) is 26.4 Å². The average Bonchev–Trinajstić information content (AvgIpc) is 2.73. The number of benzene rings is 1. The molecule has 2 rings (SSSR count). The fraction of sp³-hybridized carbons (Fsp3) is 0.308. The Kier molecular flexibility index (Phi) is 3.86. The molecule has 0 aliphatic carbocycles. The van der Waals surface area contributed by atoms with E-state index in [1.54, 1.807) is 23.5 Å². The molecule has 1 aromatic heterocycles. The van der Waals surface area contributed by atoms with E-state index < -0.39 is 0 Å². The number of hydrogen-bond donors (Lipinski definition) is 1. The number of thiazole rings is 1. The van der Waals surface area contributed by atoms with Crippen molar-refractivity contribution in [3.8, 4) is 0 Å². The lowest BCUT2D eigenvalue weighted by Gasteiger charge is -2.13. The molecule has 2 aromatic rings. The molecule has 0 unspecified atom stereocenters. The molecule has 1 atom stereocenters. The van der Waals surface area contributed by atoms with Gasteiger partial charge in [-0.2, -0.15) is 0 Å². The number of aromatic nitrogens is 1. The van der Waals surface area contributed by atoms with Gasteiger partial charge in [0.1, 0.15) is 5.82 Å². The van der Waals surface area contributed by atoms with Crippen molar-refractivity contribution < 1.29 is 4.39 Å². The Bertz CT molecular complexity index is 478. The van der Waals surface area contributed by atoms with Crippen LogP contribution in [0.15, 0.2) is 29.6 Å². The van der Waals surface area contributed by atoms with E-state index in [0.29, 0.717) is 0 Å². The van der Waals surface area contributed by atoms with Crippen LogP contribution in [0.3, 0.4) is 0 Å². The zero-order chi connectivity index (χ0) is 12.3. The molecule has 0 aliphatic rings. The number of aryl methyl sites for hydroxylation is 1. The van der Waals surface area contributed by atoms with Crippen LogP contribution in [0.4, 0.5) is 4.39 Å². The van der Waals surface area contributed by atoms with Gasteiger partial charge in [-0.15, -0.1) is 11.3 Å². The summed E-state index contributed by atoms with van der Waals surface area (Å²) in [6.45, 7) is 4.80. The van der Waals surface area contributed by atoms with E-state index in [4.69, 9.17) is 0 Å². The highest BCUT2D eigenvalue weighted by Gasteiger charge is 2.06. The molecule has 90 valence electrons. The maximum absolute atomic E-state index is 12.8. The van der Waals surface area contributed by atoms with Gasteiger partial charge in [-0.3, -0.25) is 0 Å². The molecule has 0 amide bonds. The lowest BCUT2D eigenvalue weighted by Crippen LogP contribution is -2.18. The van der Waals surface area contributed by atoms with E-state index in [2.05, 4.69) is 22.6 Å². The second-order valence-electron chi connectivity index (χ2n) is 4.01. The predicted molar refractivity (Wildman–Crippen MR) is 68.5 cm³/mol. The van der Waals surface area contributed by atoms with Crippen LogP contribution in [0.25, 0.3) is 0 Å². The van der Waals surface area contributed by atoms with Crippen molar-refractivity contribution in [3.05, 3.63) is 51.7 Å². The highest BCUT2D eigenvalue weighted by Crippen LogP contribution is 2.14. The van der Waals surface area contributed by atoms with Crippen LogP contribution >= 0.6 is 11.3 Å². The summed E-state index contributed by atoms with van der Waals surface area (Å²) in [5.74, 6) is -0.198. The van der Waals surface area contributed by atoms with Crippen molar-refractivity contribution in [2.24, 2.45) is 0 Å².